The van der Waals surface area contributed by atoms with Crippen LogP contribution < -0.4 is 5.56 Å². The van der Waals surface area contributed by atoms with E-state index >= 15 is 0 Å². The molecule has 1 aromatic heterocycles. The van der Waals surface area contributed by atoms with Gasteiger partial charge in [-0.1, -0.05) is 12.1 Å². The van der Waals surface area contributed by atoms with Gasteiger partial charge in [0.05, 0.1) is 24.0 Å². The maximum atomic E-state index is 11.9. The van der Waals surface area contributed by atoms with E-state index in [1.807, 2.05) is 19.9 Å². The van der Waals surface area contributed by atoms with Crippen molar-refractivity contribution in [2.24, 2.45) is 0 Å². The Morgan fingerprint density at radius 3 is 2.75 bits per heavy atom. The SMILES string of the molecule is CC(C)N(CC(=O)O)Cc1nc2ccccc2c(=O)[nH]1. The van der Waals surface area contributed by atoms with E-state index < -0.39 is 5.97 Å². The summed E-state index contributed by atoms with van der Waals surface area (Å²) in [4.78, 5) is 31.6. The summed E-state index contributed by atoms with van der Waals surface area (Å²) in [5, 5.41) is 9.44. The van der Waals surface area contributed by atoms with Gasteiger partial charge in [0, 0.05) is 6.04 Å². The molecular weight excluding hydrogens is 258 g/mol. The van der Waals surface area contributed by atoms with Crippen LogP contribution in [0.1, 0.15) is 19.7 Å². The summed E-state index contributed by atoms with van der Waals surface area (Å²) < 4.78 is 0. The molecule has 0 fully saturated rings. The number of aliphatic carboxylic acids is 1. The summed E-state index contributed by atoms with van der Waals surface area (Å²) >= 11 is 0. The minimum Gasteiger partial charge on any atom is -0.480 e. The molecule has 0 aliphatic heterocycles. The third kappa shape index (κ3) is 3.21. The first-order valence-corrected chi connectivity index (χ1v) is 6.41. The number of hydrogen-bond acceptors (Lipinski definition) is 4. The first-order chi connectivity index (χ1) is 9.47. The van der Waals surface area contributed by atoms with Crippen LogP contribution in [0.3, 0.4) is 0 Å². The van der Waals surface area contributed by atoms with Crippen molar-refractivity contribution in [3.63, 3.8) is 0 Å². The molecular formula is C14H17N3O3. The highest BCUT2D eigenvalue weighted by atomic mass is 16.4. The van der Waals surface area contributed by atoms with Gasteiger partial charge in [0.2, 0.25) is 0 Å². The Morgan fingerprint density at radius 2 is 2.10 bits per heavy atom. The van der Waals surface area contributed by atoms with E-state index in [1.54, 1.807) is 23.1 Å². The fraction of sp³-hybridized carbons (Fsp3) is 0.357. The van der Waals surface area contributed by atoms with Crippen molar-refractivity contribution < 1.29 is 9.90 Å². The number of carboxylic acid groups (broad SMARTS) is 1. The van der Waals surface area contributed by atoms with Crippen molar-refractivity contribution >= 4 is 16.9 Å². The van der Waals surface area contributed by atoms with Crippen molar-refractivity contribution in [1.29, 1.82) is 0 Å². The third-order valence-corrected chi connectivity index (χ3v) is 3.08. The maximum absolute atomic E-state index is 11.9. The number of hydrogen-bond donors (Lipinski definition) is 2. The minimum atomic E-state index is -0.901. The summed E-state index contributed by atoms with van der Waals surface area (Å²) in [5.41, 5.74) is 0.412. The Labute approximate surface area is 116 Å². The van der Waals surface area contributed by atoms with Gasteiger partial charge in [-0.2, -0.15) is 0 Å². The van der Waals surface area contributed by atoms with Crippen LogP contribution in [0.5, 0.6) is 0 Å². The molecule has 2 aromatic rings. The van der Waals surface area contributed by atoms with Crippen LogP contribution in [0.15, 0.2) is 29.1 Å². The first kappa shape index (κ1) is 14.2. The monoisotopic (exact) mass is 275 g/mol. The Balaban J connectivity index is 2.33. The van der Waals surface area contributed by atoms with E-state index in [-0.39, 0.29) is 18.1 Å². The van der Waals surface area contributed by atoms with Crippen molar-refractivity contribution in [2.75, 3.05) is 6.54 Å². The number of benzene rings is 1. The highest BCUT2D eigenvalue weighted by Crippen LogP contribution is 2.08. The molecule has 0 aliphatic carbocycles. The van der Waals surface area contributed by atoms with E-state index in [2.05, 4.69) is 9.97 Å². The Bertz CT molecular complexity index is 679. The Morgan fingerprint density at radius 1 is 1.40 bits per heavy atom. The predicted octanol–water partition coefficient (Wildman–Crippen LogP) is 1.22. The zero-order valence-electron chi connectivity index (χ0n) is 11.5. The maximum Gasteiger partial charge on any atom is 0.317 e. The molecule has 0 saturated heterocycles. The molecule has 1 heterocycles. The van der Waals surface area contributed by atoms with Crippen molar-refractivity contribution in [2.45, 2.75) is 26.4 Å². The number of nitrogens with zero attached hydrogens (tertiary/aromatic N) is 2. The number of para-hydroxylation sites is 1. The molecule has 0 radical (unpaired) electrons. The van der Waals surface area contributed by atoms with Gasteiger partial charge in [0.25, 0.3) is 5.56 Å². The average molecular weight is 275 g/mol. The number of nitrogens with one attached hydrogen (secondary N) is 1. The van der Waals surface area contributed by atoms with Gasteiger partial charge in [-0.15, -0.1) is 0 Å². The topological polar surface area (TPSA) is 86.3 Å². The van der Waals surface area contributed by atoms with Gasteiger partial charge >= 0.3 is 5.97 Å². The molecule has 2 rings (SSSR count). The molecule has 0 unspecified atom stereocenters. The molecule has 6 heteroatoms. The van der Waals surface area contributed by atoms with Crippen LogP contribution in [-0.4, -0.2) is 38.5 Å². The van der Waals surface area contributed by atoms with E-state index in [9.17, 15) is 9.59 Å². The quantitative estimate of drug-likeness (QED) is 0.856. The first-order valence-electron chi connectivity index (χ1n) is 6.41. The van der Waals surface area contributed by atoms with E-state index in [4.69, 9.17) is 5.11 Å². The smallest absolute Gasteiger partial charge is 0.317 e. The van der Waals surface area contributed by atoms with Gasteiger partial charge in [-0.05, 0) is 26.0 Å². The van der Waals surface area contributed by atoms with Crippen molar-refractivity contribution in [3.8, 4) is 0 Å². The van der Waals surface area contributed by atoms with E-state index in [1.165, 1.54) is 0 Å². The molecule has 6 nitrogen and oxygen atoms in total. The molecule has 1 aromatic carbocycles. The molecule has 0 bridgehead atoms. The van der Waals surface area contributed by atoms with Crippen LogP contribution in [0.25, 0.3) is 10.9 Å². The van der Waals surface area contributed by atoms with E-state index in [0.717, 1.165) is 0 Å². The number of H-pyrrole nitrogens is 1. The van der Waals surface area contributed by atoms with E-state index in [0.29, 0.717) is 23.3 Å². The number of rotatable bonds is 5. The second-order valence-corrected chi connectivity index (χ2v) is 4.92. The number of carboxylic acids is 1. The standard InChI is InChI=1S/C14H17N3O3/c1-9(2)17(8-13(18)19)7-12-15-11-6-4-3-5-10(11)14(20)16-12/h3-6,9H,7-8H2,1-2H3,(H,18,19)(H,15,16,20). The number of aromatic amines is 1. The lowest BCUT2D eigenvalue weighted by Crippen LogP contribution is -2.36. The zero-order valence-corrected chi connectivity index (χ0v) is 11.5. The highest BCUT2D eigenvalue weighted by molar-refractivity contribution is 5.77. The minimum absolute atomic E-state index is 0.0443. The largest absolute Gasteiger partial charge is 0.480 e. The second kappa shape index (κ2) is 5.83. The highest BCUT2D eigenvalue weighted by Gasteiger charge is 2.15. The van der Waals surface area contributed by atoms with Gasteiger partial charge in [0.1, 0.15) is 5.82 Å². The fourth-order valence-corrected chi connectivity index (χ4v) is 2.00. The Hall–Kier alpha value is -2.21. The summed E-state index contributed by atoms with van der Waals surface area (Å²) in [6.07, 6.45) is 0. The van der Waals surface area contributed by atoms with Crippen LogP contribution in [-0.2, 0) is 11.3 Å². The normalized spacial score (nSPS) is 11.4. The van der Waals surface area contributed by atoms with Gasteiger partial charge in [0.15, 0.2) is 0 Å². The Kier molecular flexibility index (Phi) is 4.14. The number of aromatic nitrogens is 2. The number of carbonyl (C=O) groups is 1. The summed E-state index contributed by atoms with van der Waals surface area (Å²) in [7, 11) is 0. The fourth-order valence-electron chi connectivity index (χ4n) is 2.00. The van der Waals surface area contributed by atoms with Crippen molar-refractivity contribution in [1.82, 2.24) is 14.9 Å². The molecule has 0 saturated carbocycles. The zero-order chi connectivity index (χ0) is 14.7. The van der Waals surface area contributed by atoms with Crippen LogP contribution in [0.4, 0.5) is 0 Å². The van der Waals surface area contributed by atoms with Gasteiger partial charge in [-0.25, -0.2) is 4.98 Å². The molecule has 0 aliphatic rings. The molecule has 106 valence electrons. The lowest BCUT2D eigenvalue weighted by molar-refractivity contribution is -0.139. The summed E-state index contributed by atoms with van der Waals surface area (Å²) in [5.74, 6) is -0.425. The van der Waals surface area contributed by atoms with Gasteiger partial charge in [-0.3, -0.25) is 14.5 Å². The van der Waals surface area contributed by atoms with Crippen LogP contribution in [0, 0.1) is 0 Å². The predicted molar refractivity (Wildman–Crippen MR) is 75.5 cm³/mol. The number of fused-ring (bicyclic) bond motifs is 1. The lowest BCUT2D eigenvalue weighted by Gasteiger charge is -2.23. The molecule has 0 atom stereocenters. The van der Waals surface area contributed by atoms with Crippen LogP contribution in [0.2, 0.25) is 0 Å². The van der Waals surface area contributed by atoms with Crippen molar-refractivity contribution in [3.05, 3.63) is 40.4 Å². The second-order valence-electron chi connectivity index (χ2n) is 4.92. The molecule has 0 spiro atoms. The van der Waals surface area contributed by atoms with Gasteiger partial charge < -0.3 is 10.1 Å². The molecule has 2 N–H and O–H groups in total. The third-order valence-electron chi connectivity index (χ3n) is 3.08. The average Bonchev–Trinajstić information content (AvgIpc) is 2.37. The van der Waals surface area contributed by atoms with Crippen LogP contribution >= 0.6 is 0 Å². The molecule has 0 amide bonds. The molecule has 20 heavy (non-hydrogen) atoms. The summed E-state index contributed by atoms with van der Waals surface area (Å²) in [6.45, 7) is 4.02. The summed E-state index contributed by atoms with van der Waals surface area (Å²) in [6, 6.07) is 7.12. The lowest BCUT2D eigenvalue weighted by atomic mass is 10.2.